The maximum atomic E-state index is 13.5. The van der Waals surface area contributed by atoms with Crippen LogP contribution >= 0.6 is 11.3 Å². The van der Waals surface area contributed by atoms with Crippen molar-refractivity contribution in [3.63, 3.8) is 0 Å². The molecule has 5 nitrogen and oxygen atoms in total. The third kappa shape index (κ3) is 2.72. The highest BCUT2D eigenvalue weighted by Gasteiger charge is 2.37. The summed E-state index contributed by atoms with van der Waals surface area (Å²) in [5.41, 5.74) is 1.69. The van der Waals surface area contributed by atoms with Crippen molar-refractivity contribution in [2.24, 2.45) is 0 Å². The van der Waals surface area contributed by atoms with Crippen LogP contribution < -0.4 is 5.56 Å². The Kier molecular flexibility index (Phi) is 3.84. The van der Waals surface area contributed by atoms with Gasteiger partial charge in [0.25, 0.3) is 5.56 Å². The van der Waals surface area contributed by atoms with Crippen LogP contribution in [0, 0.1) is 0 Å². The number of fused-ring (bicyclic) bond motifs is 4. The molecule has 0 amide bonds. The Hall–Kier alpha value is -2.68. The number of imidazole rings is 1. The summed E-state index contributed by atoms with van der Waals surface area (Å²) in [7, 11) is 0. The number of hydrogen-bond acceptors (Lipinski definition) is 4. The van der Waals surface area contributed by atoms with Crippen molar-refractivity contribution >= 4 is 27.3 Å². The smallest absolute Gasteiger partial charge is 0.314 e. The molecule has 0 spiro atoms. The first-order valence-corrected chi connectivity index (χ1v) is 9.79. The molecule has 1 aromatic carbocycles. The van der Waals surface area contributed by atoms with E-state index in [1.165, 1.54) is 17.4 Å². The van der Waals surface area contributed by atoms with Gasteiger partial charge in [0, 0.05) is 16.6 Å². The molecule has 4 aromatic rings. The van der Waals surface area contributed by atoms with Gasteiger partial charge in [-0.25, -0.2) is 9.97 Å². The van der Waals surface area contributed by atoms with Crippen LogP contribution in [0.1, 0.15) is 34.9 Å². The number of hydrogen-bond donors (Lipinski definition) is 0. The minimum absolute atomic E-state index is 0.163. The number of alkyl halides is 3. The second kappa shape index (κ2) is 6.16. The standard InChI is InChI=1S/C19H15F3N4OS/c20-19(21,22)17-24-12-5-1-2-6-13(12)25(17)10-11-9-16(27)26-14-7-3-4-8-15(14)28-18(26)23-11/h1-2,5-6,9H,3-4,7-8,10H2. The van der Waals surface area contributed by atoms with Crippen molar-refractivity contribution < 1.29 is 13.2 Å². The lowest BCUT2D eigenvalue weighted by Crippen LogP contribution is -2.20. The summed E-state index contributed by atoms with van der Waals surface area (Å²) in [6.07, 6.45) is -0.732. The number of rotatable bonds is 2. The SMILES string of the molecule is O=c1cc(Cn2c(C(F)(F)F)nc3ccccc32)nc2sc3c(n12)CCCC3. The maximum absolute atomic E-state index is 13.5. The molecule has 0 saturated carbocycles. The number of aryl methyl sites for hydroxylation is 2. The number of aromatic nitrogens is 4. The molecule has 5 rings (SSSR count). The number of thiazole rings is 1. The Labute approximate surface area is 161 Å². The van der Waals surface area contributed by atoms with Crippen molar-refractivity contribution in [3.8, 4) is 0 Å². The monoisotopic (exact) mass is 404 g/mol. The minimum Gasteiger partial charge on any atom is -0.314 e. The van der Waals surface area contributed by atoms with E-state index in [9.17, 15) is 18.0 Å². The first kappa shape index (κ1) is 17.4. The first-order valence-electron chi connectivity index (χ1n) is 8.97. The molecule has 0 fully saturated rings. The van der Waals surface area contributed by atoms with Gasteiger partial charge in [0.05, 0.1) is 23.3 Å². The first-order chi connectivity index (χ1) is 13.4. The lowest BCUT2D eigenvalue weighted by atomic mass is 10.0. The summed E-state index contributed by atoms with van der Waals surface area (Å²) in [6.45, 7) is -0.163. The van der Waals surface area contributed by atoms with Gasteiger partial charge in [-0.1, -0.05) is 12.1 Å². The number of para-hydroxylation sites is 2. The van der Waals surface area contributed by atoms with Gasteiger partial charge in [-0.3, -0.25) is 9.20 Å². The predicted octanol–water partition coefficient (Wildman–Crippen LogP) is 4.05. The van der Waals surface area contributed by atoms with E-state index in [1.807, 2.05) is 0 Å². The van der Waals surface area contributed by atoms with E-state index >= 15 is 0 Å². The molecule has 0 saturated heterocycles. The lowest BCUT2D eigenvalue weighted by molar-refractivity contribution is -0.146. The molecule has 0 atom stereocenters. The Morgan fingerprint density at radius 1 is 1.11 bits per heavy atom. The normalized spacial score (nSPS) is 14.7. The topological polar surface area (TPSA) is 52.2 Å². The molecule has 28 heavy (non-hydrogen) atoms. The van der Waals surface area contributed by atoms with E-state index < -0.39 is 12.0 Å². The summed E-state index contributed by atoms with van der Waals surface area (Å²) in [5, 5.41) is 0. The van der Waals surface area contributed by atoms with Crippen LogP contribution in [-0.2, 0) is 25.6 Å². The van der Waals surface area contributed by atoms with Crippen molar-refractivity contribution in [2.75, 3.05) is 0 Å². The average molecular weight is 404 g/mol. The Morgan fingerprint density at radius 3 is 2.71 bits per heavy atom. The van der Waals surface area contributed by atoms with Crippen LogP contribution in [0.5, 0.6) is 0 Å². The molecule has 9 heteroatoms. The summed E-state index contributed by atoms with van der Waals surface area (Å²) in [4.78, 5) is 22.6. The van der Waals surface area contributed by atoms with Gasteiger partial charge in [0.15, 0.2) is 4.96 Å². The van der Waals surface area contributed by atoms with Crippen LogP contribution in [0.25, 0.3) is 16.0 Å². The van der Waals surface area contributed by atoms with Crippen LogP contribution in [0.2, 0.25) is 0 Å². The summed E-state index contributed by atoms with van der Waals surface area (Å²) >= 11 is 1.46. The van der Waals surface area contributed by atoms with Crippen LogP contribution in [0.4, 0.5) is 13.2 Å². The predicted molar refractivity (Wildman–Crippen MR) is 99.8 cm³/mol. The lowest BCUT2D eigenvalue weighted by Gasteiger charge is -2.12. The number of nitrogens with zero attached hydrogens (tertiary/aromatic N) is 4. The fourth-order valence-electron chi connectivity index (χ4n) is 3.84. The van der Waals surface area contributed by atoms with E-state index in [0.717, 1.165) is 40.8 Å². The molecular formula is C19H15F3N4OS. The summed E-state index contributed by atoms with van der Waals surface area (Å²) in [5.74, 6) is -0.985. The molecule has 3 heterocycles. The molecular weight excluding hydrogens is 389 g/mol. The molecule has 0 unspecified atom stereocenters. The van der Waals surface area contributed by atoms with Gasteiger partial charge in [-0.15, -0.1) is 11.3 Å². The average Bonchev–Trinajstić information content (AvgIpc) is 3.20. The molecule has 3 aromatic heterocycles. The van der Waals surface area contributed by atoms with Crippen molar-refractivity contribution in [2.45, 2.75) is 38.4 Å². The molecule has 0 bridgehead atoms. The van der Waals surface area contributed by atoms with Gasteiger partial charge in [0.2, 0.25) is 5.82 Å². The largest absolute Gasteiger partial charge is 0.449 e. The van der Waals surface area contributed by atoms with Gasteiger partial charge in [-0.2, -0.15) is 13.2 Å². The van der Waals surface area contributed by atoms with Crippen LogP contribution in [0.15, 0.2) is 35.1 Å². The zero-order chi connectivity index (χ0) is 19.5. The third-order valence-corrected chi connectivity index (χ3v) is 6.19. The van der Waals surface area contributed by atoms with E-state index in [4.69, 9.17) is 0 Å². The maximum Gasteiger partial charge on any atom is 0.449 e. The Bertz CT molecular complexity index is 1270. The summed E-state index contributed by atoms with van der Waals surface area (Å²) < 4.78 is 43.2. The molecule has 0 radical (unpaired) electrons. The second-order valence-corrected chi connectivity index (χ2v) is 7.95. The fourth-order valence-corrected chi connectivity index (χ4v) is 5.07. The van der Waals surface area contributed by atoms with E-state index in [-0.39, 0.29) is 17.6 Å². The van der Waals surface area contributed by atoms with Crippen molar-refractivity contribution in [1.29, 1.82) is 0 Å². The van der Waals surface area contributed by atoms with Gasteiger partial charge < -0.3 is 4.57 Å². The quantitative estimate of drug-likeness (QED) is 0.507. The molecule has 1 aliphatic rings. The highest BCUT2D eigenvalue weighted by atomic mass is 32.1. The Morgan fingerprint density at radius 2 is 1.89 bits per heavy atom. The van der Waals surface area contributed by atoms with Gasteiger partial charge >= 0.3 is 6.18 Å². The van der Waals surface area contributed by atoms with Crippen LogP contribution in [0.3, 0.4) is 0 Å². The van der Waals surface area contributed by atoms with E-state index in [1.54, 1.807) is 28.7 Å². The zero-order valence-electron chi connectivity index (χ0n) is 14.7. The fraction of sp³-hybridized carbons (Fsp3) is 0.316. The highest BCUT2D eigenvalue weighted by molar-refractivity contribution is 7.17. The Balaban J connectivity index is 1.66. The molecule has 1 aliphatic carbocycles. The molecule has 144 valence electrons. The van der Waals surface area contributed by atoms with E-state index in [0.29, 0.717) is 16.2 Å². The number of halogens is 3. The van der Waals surface area contributed by atoms with E-state index in [2.05, 4.69) is 9.97 Å². The molecule has 0 aliphatic heterocycles. The van der Waals surface area contributed by atoms with Crippen LogP contribution in [-0.4, -0.2) is 18.9 Å². The summed E-state index contributed by atoms with van der Waals surface area (Å²) in [6, 6.07) is 7.78. The third-order valence-electron chi connectivity index (χ3n) is 5.04. The number of benzene rings is 1. The highest BCUT2D eigenvalue weighted by Crippen LogP contribution is 2.32. The molecule has 0 N–H and O–H groups in total. The zero-order valence-corrected chi connectivity index (χ0v) is 15.5. The van der Waals surface area contributed by atoms with Gasteiger partial charge in [0.1, 0.15) is 0 Å². The minimum atomic E-state index is -4.60. The van der Waals surface area contributed by atoms with Crippen molar-refractivity contribution in [1.82, 2.24) is 18.9 Å². The van der Waals surface area contributed by atoms with Gasteiger partial charge in [-0.05, 0) is 37.8 Å². The second-order valence-electron chi connectivity index (χ2n) is 6.89. The van der Waals surface area contributed by atoms with Crippen molar-refractivity contribution in [3.05, 3.63) is 62.8 Å².